The van der Waals surface area contributed by atoms with Crippen molar-refractivity contribution in [3.63, 3.8) is 0 Å². The Morgan fingerprint density at radius 2 is 2.04 bits per heavy atom. The van der Waals surface area contributed by atoms with Crippen molar-refractivity contribution < 1.29 is 18.7 Å². The molecule has 0 spiro atoms. The molecule has 5 nitrogen and oxygen atoms in total. The van der Waals surface area contributed by atoms with Gasteiger partial charge in [0, 0.05) is 31.5 Å². The van der Waals surface area contributed by atoms with Crippen LogP contribution < -0.4 is 9.47 Å². The SMILES string of the molecule is O=C(CCN1CCC(c2ccccc2F)C1)c1cc2c(cn1)OCCO2. The first-order valence-electron chi connectivity index (χ1n) is 8.96. The molecule has 26 heavy (non-hydrogen) atoms. The fourth-order valence-corrected chi connectivity index (χ4v) is 3.58. The van der Waals surface area contributed by atoms with Crippen LogP contribution in [-0.4, -0.2) is 48.5 Å². The lowest BCUT2D eigenvalue weighted by Gasteiger charge is -2.18. The third kappa shape index (κ3) is 3.55. The molecular weight excluding hydrogens is 335 g/mol. The van der Waals surface area contributed by atoms with Gasteiger partial charge in [0.1, 0.15) is 24.7 Å². The number of hydrogen-bond donors (Lipinski definition) is 0. The molecule has 0 radical (unpaired) electrons. The van der Waals surface area contributed by atoms with Gasteiger partial charge in [0.05, 0.1) is 6.20 Å². The number of fused-ring (bicyclic) bond motifs is 1. The molecule has 0 aliphatic carbocycles. The second-order valence-corrected chi connectivity index (χ2v) is 6.69. The van der Waals surface area contributed by atoms with Gasteiger partial charge in [-0.3, -0.25) is 4.79 Å². The molecule has 4 rings (SSSR count). The summed E-state index contributed by atoms with van der Waals surface area (Å²) in [4.78, 5) is 18.9. The van der Waals surface area contributed by atoms with Crippen LogP contribution in [0.3, 0.4) is 0 Å². The average molecular weight is 356 g/mol. The predicted molar refractivity (Wildman–Crippen MR) is 94.4 cm³/mol. The van der Waals surface area contributed by atoms with Crippen molar-refractivity contribution in [1.82, 2.24) is 9.88 Å². The molecule has 2 aliphatic rings. The minimum absolute atomic E-state index is 0.0173. The van der Waals surface area contributed by atoms with E-state index in [9.17, 15) is 9.18 Å². The van der Waals surface area contributed by atoms with Gasteiger partial charge in [-0.25, -0.2) is 9.37 Å². The molecule has 0 amide bonds. The molecule has 1 fully saturated rings. The van der Waals surface area contributed by atoms with Crippen molar-refractivity contribution >= 4 is 5.78 Å². The zero-order valence-corrected chi connectivity index (χ0v) is 14.5. The molecule has 1 atom stereocenters. The van der Waals surface area contributed by atoms with Gasteiger partial charge >= 0.3 is 0 Å². The summed E-state index contributed by atoms with van der Waals surface area (Å²) >= 11 is 0. The number of halogens is 1. The highest BCUT2D eigenvalue weighted by Crippen LogP contribution is 2.31. The maximum atomic E-state index is 13.9. The summed E-state index contributed by atoms with van der Waals surface area (Å²) < 4.78 is 24.9. The summed E-state index contributed by atoms with van der Waals surface area (Å²) in [7, 11) is 0. The number of aromatic nitrogens is 1. The fourth-order valence-electron chi connectivity index (χ4n) is 3.58. The Labute approximate surface area is 151 Å². The number of hydrogen-bond acceptors (Lipinski definition) is 5. The molecule has 136 valence electrons. The van der Waals surface area contributed by atoms with E-state index in [-0.39, 0.29) is 17.5 Å². The molecule has 1 unspecified atom stereocenters. The quantitative estimate of drug-likeness (QED) is 0.771. The van der Waals surface area contributed by atoms with Crippen molar-refractivity contribution in [2.45, 2.75) is 18.8 Å². The summed E-state index contributed by atoms with van der Waals surface area (Å²) in [6.07, 6.45) is 2.85. The van der Waals surface area contributed by atoms with E-state index in [0.717, 1.165) is 25.1 Å². The first-order valence-corrected chi connectivity index (χ1v) is 8.96. The largest absolute Gasteiger partial charge is 0.486 e. The summed E-state index contributed by atoms with van der Waals surface area (Å²) in [5, 5.41) is 0. The lowest BCUT2D eigenvalue weighted by Crippen LogP contribution is -2.24. The monoisotopic (exact) mass is 356 g/mol. The van der Waals surface area contributed by atoms with E-state index in [2.05, 4.69) is 9.88 Å². The zero-order chi connectivity index (χ0) is 17.9. The van der Waals surface area contributed by atoms with Crippen LogP contribution in [0.2, 0.25) is 0 Å². The minimum Gasteiger partial charge on any atom is -0.486 e. The summed E-state index contributed by atoms with van der Waals surface area (Å²) in [5.74, 6) is 1.20. The lowest BCUT2D eigenvalue weighted by molar-refractivity contribution is 0.0962. The summed E-state index contributed by atoms with van der Waals surface area (Å²) in [6, 6.07) is 8.61. The number of Topliss-reactive ketones (excluding diaryl/α,β-unsaturated/α-hetero) is 1. The van der Waals surface area contributed by atoms with E-state index in [1.165, 1.54) is 6.07 Å². The van der Waals surface area contributed by atoms with Crippen LogP contribution in [0.5, 0.6) is 11.5 Å². The van der Waals surface area contributed by atoms with Crippen molar-refractivity contribution in [1.29, 1.82) is 0 Å². The van der Waals surface area contributed by atoms with E-state index in [4.69, 9.17) is 9.47 Å². The number of ketones is 1. The van der Waals surface area contributed by atoms with E-state index in [1.54, 1.807) is 18.3 Å². The number of nitrogens with zero attached hydrogens (tertiary/aromatic N) is 2. The second-order valence-electron chi connectivity index (χ2n) is 6.69. The van der Waals surface area contributed by atoms with Gasteiger partial charge in [-0.05, 0) is 24.6 Å². The minimum atomic E-state index is -0.143. The van der Waals surface area contributed by atoms with E-state index in [1.807, 2.05) is 12.1 Å². The number of benzene rings is 1. The first kappa shape index (κ1) is 17.0. The molecule has 1 saturated heterocycles. The predicted octanol–water partition coefficient (Wildman–Crippen LogP) is 3.05. The van der Waals surface area contributed by atoms with Gasteiger partial charge in [-0.15, -0.1) is 0 Å². The maximum absolute atomic E-state index is 13.9. The average Bonchev–Trinajstić information content (AvgIpc) is 3.15. The second kappa shape index (κ2) is 7.41. The van der Waals surface area contributed by atoms with E-state index < -0.39 is 0 Å². The first-order chi connectivity index (χ1) is 12.7. The van der Waals surface area contributed by atoms with E-state index in [0.29, 0.717) is 43.4 Å². The maximum Gasteiger partial charge on any atom is 0.182 e. The number of ether oxygens (including phenoxy) is 2. The van der Waals surface area contributed by atoms with Crippen LogP contribution in [-0.2, 0) is 0 Å². The van der Waals surface area contributed by atoms with Crippen LogP contribution in [0.1, 0.15) is 34.8 Å². The van der Waals surface area contributed by atoms with Gasteiger partial charge in [0.25, 0.3) is 0 Å². The zero-order valence-electron chi connectivity index (χ0n) is 14.5. The van der Waals surface area contributed by atoms with Crippen LogP contribution in [0, 0.1) is 5.82 Å². The fraction of sp³-hybridized carbons (Fsp3) is 0.400. The van der Waals surface area contributed by atoms with Gasteiger partial charge in [-0.2, -0.15) is 0 Å². The van der Waals surface area contributed by atoms with Gasteiger partial charge < -0.3 is 14.4 Å². The molecule has 2 aliphatic heterocycles. The molecule has 0 saturated carbocycles. The Morgan fingerprint density at radius 1 is 1.23 bits per heavy atom. The Kier molecular flexibility index (Phi) is 4.84. The van der Waals surface area contributed by atoms with Crippen LogP contribution >= 0.6 is 0 Å². The van der Waals surface area contributed by atoms with Crippen LogP contribution in [0.25, 0.3) is 0 Å². The molecule has 1 aromatic heterocycles. The molecule has 0 N–H and O–H groups in total. The van der Waals surface area contributed by atoms with Crippen molar-refractivity contribution in [3.8, 4) is 11.5 Å². The number of pyridine rings is 1. The van der Waals surface area contributed by atoms with Gasteiger partial charge in [0.2, 0.25) is 0 Å². The molecule has 6 heteroatoms. The highest BCUT2D eigenvalue weighted by molar-refractivity contribution is 5.94. The Balaban J connectivity index is 1.33. The topological polar surface area (TPSA) is 51.7 Å². The molecule has 2 aromatic rings. The van der Waals surface area contributed by atoms with Gasteiger partial charge in [-0.1, -0.05) is 18.2 Å². The van der Waals surface area contributed by atoms with Crippen LogP contribution in [0.15, 0.2) is 36.5 Å². The summed E-state index contributed by atoms with van der Waals surface area (Å²) in [6.45, 7) is 3.29. The smallest absolute Gasteiger partial charge is 0.182 e. The third-order valence-electron chi connectivity index (χ3n) is 4.99. The lowest BCUT2D eigenvalue weighted by atomic mass is 9.98. The number of carbonyl (C=O) groups is 1. The number of carbonyl (C=O) groups excluding carboxylic acids is 1. The van der Waals surface area contributed by atoms with Crippen molar-refractivity contribution in [2.24, 2.45) is 0 Å². The van der Waals surface area contributed by atoms with Gasteiger partial charge in [0.15, 0.2) is 17.3 Å². The standard InChI is InChI=1S/C20H21FN2O3/c21-16-4-2-1-3-15(16)14-5-7-23(13-14)8-6-18(24)17-11-19-20(12-22-17)26-10-9-25-19/h1-4,11-12,14H,5-10,13H2. The number of likely N-dealkylation sites (tertiary alicyclic amines) is 1. The van der Waals surface area contributed by atoms with Crippen LogP contribution in [0.4, 0.5) is 4.39 Å². The summed E-state index contributed by atoms with van der Waals surface area (Å²) in [5.41, 5.74) is 1.17. The van der Waals surface area contributed by atoms with Crippen molar-refractivity contribution in [2.75, 3.05) is 32.8 Å². The van der Waals surface area contributed by atoms with Crippen molar-refractivity contribution in [3.05, 3.63) is 53.6 Å². The van der Waals surface area contributed by atoms with E-state index >= 15 is 0 Å². The normalized spacial score (nSPS) is 19.5. The molecular formula is C20H21FN2O3. The molecule has 3 heterocycles. The Morgan fingerprint density at radius 3 is 2.88 bits per heavy atom. The Hall–Kier alpha value is -2.47. The molecule has 1 aromatic carbocycles. The Bertz CT molecular complexity index is 811. The highest BCUT2D eigenvalue weighted by atomic mass is 19.1. The third-order valence-corrected chi connectivity index (χ3v) is 4.99. The highest BCUT2D eigenvalue weighted by Gasteiger charge is 2.26. The number of rotatable bonds is 5. The molecule has 0 bridgehead atoms.